The third kappa shape index (κ3) is 2.45. The number of esters is 1. The van der Waals surface area contributed by atoms with Gasteiger partial charge in [0.15, 0.2) is 5.72 Å². The number of hydrogen-bond acceptors (Lipinski definition) is 3. The molecule has 0 aromatic heterocycles. The smallest absolute Gasteiger partial charge is 0.340 e. The maximum Gasteiger partial charge on any atom is 0.340 e. The van der Waals surface area contributed by atoms with Gasteiger partial charge in [0.2, 0.25) is 0 Å². The van der Waals surface area contributed by atoms with Crippen molar-refractivity contribution in [3.8, 4) is 0 Å². The molecule has 2 heterocycles. The monoisotopic (exact) mass is 307 g/mol. The predicted molar refractivity (Wildman–Crippen MR) is 89.1 cm³/mol. The molecule has 1 fully saturated rings. The molecule has 3 heteroatoms. The van der Waals surface area contributed by atoms with Crippen LogP contribution < -0.4 is 0 Å². The molecule has 0 bridgehead atoms. The second-order valence-electron chi connectivity index (χ2n) is 6.43. The quantitative estimate of drug-likeness (QED) is 0.809. The number of benzene rings is 2. The largest absolute Gasteiger partial charge is 0.435 e. The van der Waals surface area contributed by atoms with E-state index in [1.165, 1.54) is 12.0 Å². The van der Waals surface area contributed by atoms with Crippen LogP contribution in [0.5, 0.6) is 0 Å². The number of nitrogens with zero attached hydrogens (tertiary/aromatic N) is 1. The zero-order valence-electron chi connectivity index (χ0n) is 13.2. The van der Waals surface area contributed by atoms with Gasteiger partial charge in [-0.2, -0.15) is 0 Å². The number of carbonyl (C=O) groups is 1. The van der Waals surface area contributed by atoms with Crippen molar-refractivity contribution in [2.75, 3.05) is 13.1 Å². The van der Waals surface area contributed by atoms with Crippen molar-refractivity contribution in [1.82, 2.24) is 4.90 Å². The second-order valence-corrected chi connectivity index (χ2v) is 6.43. The first kappa shape index (κ1) is 14.5. The zero-order valence-corrected chi connectivity index (χ0v) is 13.2. The fourth-order valence-corrected chi connectivity index (χ4v) is 3.87. The van der Waals surface area contributed by atoms with Crippen LogP contribution in [0.15, 0.2) is 54.6 Å². The summed E-state index contributed by atoms with van der Waals surface area (Å²) >= 11 is 0. The summed E-state index contributed by atoms with van der Waals surface area (Å²) in [6.45, 7) is 1.96. The van der Waals surface area contributed by atoms with Crippen molar-refractivity contribution in [1.29, 1.82) is 0 Å². The number of carbonyl (C=O) groups excluding carboxylic acids is 1. The standard InChI is InChI=1S/C20H21NO2/c22-19-17-11-5-6-12-18(17)20(23-19,21-13-7-2-8-14-21)15-16-9-3-1-4-10-16/h1,3-6,9-12H,2,7-8,13-15H2. The van der Waals surface area contributed by atoms with E-state index < -0.39 is 5.72 Å². The summed E-state index contributed by atoms with van der Waals surface area (Å²) in [7, 11) is 0. The zero-order chi connectivity index (χ0) is 15.7. The minimum atomic E-state index is -0.643. The van der Waals surface area contributed by atoms with Crippen LogP contribution in [-0.4, -0.2) is 24.0 Å². The summed E-state index contributed by atoms with van der Waals surface area (Å²) in [4.78, 5) is 14.8. The van der Waals surface area contributed by atoms with E-state index in [9.17, 15) is 4.79 Å². The molecular formula is C20H21NO2. The Balaban J connectivity index is 1.80. The highest BCUT2D eigenvalue weighted by Gasteiger charge is 2.49. The average Bonchev–Trinajstić information content (AvgIpc) is 2.90. The number of hydrogen-bond donors (Lipinski definition) is 0. The van der Waals surface area contributed by atoms with E-state index in [1.54, 1.807) is 0 Å². The van der Waals surface area contributed by atoms with Crippen molar-refractivity contribution in [3.63, 3.8) is 0 Å². The van der Waals surface area contributed by atoms with Gasteiger partial charge in [0.1, 0.15) is 0 Å². The molecule has 2 aromatic rings. The van der Waals surface area contributed by atoms with Gasteiger partial charge in [-0.1, -0.05) is 55.0 Å². The van der Waals surface area contributed by atoms with E-state index in [4.69, 9.17) is 4.74 Å². The number of rotatable bonds is 3. The summed E-state index contributed by atoms with van der Waals surface area (Å²) in [5, 5.41) is 0. The first-order chi connectivity index (χ1) is 11.3. The van der Waals surface area contributed by atoms with Crippen LogP contribution in [0.1, 0.15) is 40.7 Å². The molecule has 0 amide bonds. The van der Waals surface area contributed by atoms with Crippen LogP contribution in [-0.2, 0) is 16.9 Å². The molecule has 1 unspecified atom stereocenters. The normalized spacial score (nSPS) is 24.3. The third-order valence-electron chi connectivity index (χ3n) is 4.98. The molecule has 1 atom stereocenters. The fourth-order valence-electron chi connectivity index (χ4n) is 3.87. The minimum Gasteiger partial charge on any atom is -0.435 e. The third-order valence-corrected chi connectivity index (χ3v) is 4.98. The molecular weight excluding hydrogens is 286 g/mol. The first-order valence-corrected chi connectivity index (χ1v) is 8.41. The Morgan fingerprint density at radius 1 is 0.913 bits per heavy atom. The van der Waals surface area contributed by atoms with E-state index in [0.717, 1.165) is 31.5 Å². The summed E-state index contributed by atoms with van der Waals surface area (Å²) in [6, 6.07) is 18.2. The Morgan fingerprint density at radius 3 is 2.39 bits per heavy atom. The number of cyclic esters (lactones) is 1. The van der Waals surface area contributed by atoms with Crippen molar-refractivity contribution in [2.24, 2.45) is 0 Å². The van der Waals surface area contributed by atoms with Gasteiger partial charge in [0.25, 0.3) is 0 Å². The van der Waals surface area contributed by atoms with Crippen molar-refractivity contribution in [2.45, 2.75) is 31.4 Å². The van der Waals surface area contributed by atoms with Gasteiger partial charge in [0.05, 0.1) is 5.56 Å². The van der Waals surface area contributed by atoms with Crippen LogP contribution in [0.4, 0.5) is 0 Å². The Kier molecular flexibility index (Phi) is 3.66. The first-order valence-electron chi connectivity index (χ1n) is 8.41. The summed E-state index contributed by atoms with van der Waals surface area (Å²) in [5.74, 6) is -0.192. The summed E-state index contributed by atoms with van der Waals surface area (Å²) in [5.41, 5.74) is 2.29. The van der Waals surface area contributed by atoms with Crippen LogP contribution in [0, 0.1) is 0 Å². The van der Waals surface area contributed by atoms with Crippen LogP contribution in [0.3, 0.4) is 0 Å². The van der Waals surface area contributed by atoms with Gasteiger partial charge in [0, 0.05) is 25.1 Å². The highest BCUT2D eigenvalue weighted by molar-refractivity contribution is 5.94. The summed E-state index contributed by atoms with van der Waals surface area (Å²) < 4.78 is 6.05. The number of fused-ring (bicyclic) bond motifs is 1. The molecule has 23 heavy (non-hydrogen) atoms. The maximum atomic E-state index is 12.5. The molecule has 3 nitrogen and oxygen atoms in total. The van der Waals surface area contributed by atoms with E-state index in [1.807, 2.05) is 36.4 Å². The molecule has 118 valence electrons. The van der Waals surface area contributed by atoms with Crippen molar-refractivity contribution >= 4 is 5.97 Å². The van der Waals surface area contributed by atoms with Crippen LogP contribution in [0.2, 0.25) is 0 Å². The highest BCUT2D eigenvalue weighted by atomic mass is 16.6. The van der Waals surface area contributed by atoms with Crippen LogP contribution in [0.25, 0.3) is 0 Å². The lowest BCUT2D eigenvalue weighted by Crippen LogP contribution is -2.50. The lowest BCUT2D eigenvalue weighted by molar-refractivity contribution is -0.121. The van der Waals surface area contributed by atoms with Gasteiger partial charge in [-0.15, -0.1) is 0 Å². The SMILES string of the molecule is O=C1OC(Cc2ccccc2)(N2CCCCC2)c2ccccc21. The Hall–Kier alpha value is -2.13. The molecule has 0 radical (unpaired) electrons. The van der Waals surface area contributed by atoms with E-state index in [2.05, 4.69) is 23.1 Å². The average molecular weight is 307 g/mol. The molecule has 0 saturated carbocycles. The molecule has 1 saturated heterocycles. The van der Waals surface area contributed by atoms with E-state index in [0.29, 0.717) is 12.0 Å². The van der Waals surface area contributed by atoms with Crippen LogP contribution >= 0.6 is 0 Å². The van der Waals surface area contributed by atoms with Gasteiger partial charge >= 0.3 is 5.97 Å². The van der Waals surface area contributed by atoms with E-state index in [-0.39, 0.29) is 5.97 Å². The molecule has 0 spiro atoms. The highest BCUT2D eigenvalue weighted by Crippen LogP contribution is 2.43. The molecule has 4 rings (SSSR count). The van der Waals surface area contributed by atoms with Crippen molar-refractivity contribution in [3.05, 3.63) is 71.3 Å². The number of piperidine rings is 1. The van der Waals surface area contributed by atoms with Crippen molar-refractivity contribution < 1.29 is 9.53 Å². The van der Waals surface area contributed by atoms with E-state index >= 15 is 0 Å². The second kappa shape index (κ2) is 5.82. The molecule has 2 aliphatic rings. The molecule has 2 aliphatic heterocycles. The maximum absolute atomic E-state index is 12.5. The predicted octanol–water partition coefficient (Wildman–Crippen LogP) is 3.74. The molecule has 2 aromatic carbocycles. The number of likely N-dealkylation sites (tertiary alicyclic amines) is 1. The van der Waals surface area contributed by atoms with Gasteiger partial charge in [-0.25, -0.2) is 4.79 Å². The Bertz CT molecular complexity index is 707. The van der Waals surface area contributed by atoms with Gasteiger partial charge in [-0.05, 0) is 24.5 Å². The fraction of sp³-hybridized carbons (Fsp3) is 0.350. The topological polar surface area (TPSA) is 29.5 Å². The van der Waals surface area contributed by atoms with Gasteiger partial charge in [-0.3, -0.25) is 4.90 Å². The summed E-state index contributed by atoms with van der Waals surface area (Å²) in [6.07, 6.45) is 4.29. The number of ether oxygens (including phenoxy) is 1. The Labute approximate surface area is 136 Å². The molecule has 0 aliphatic carbocycles. The minimum absolute atomic E-state index is 0.192. The molecule has 0 N–H and O–H groups in total. The lowest BCUT2D eigenvalue weighted by atomic mass is 9.90. The lowest BCUT2D eigenvalue weighted by Gasteiger charge is -2.42. The van der Waals surface area contributed by atoms with Gasteiger partial charge < -0.3 is 4.74 Å². The Morgan fingerprint density at radius 2 is 1.61 bits per heavy atom.